The Kier molecular flexibility index (Phi) is 4.12. The number of thiazole rings is 1. The van der Waals surface area contributed by atoms with E-state index in [0.717, 1.165) is 30.6 Å². The fourth-order valence-electron chi connectivity index (χ4n) is 2.79. The van der Waals surface area contributed by atoms with Gasteiger partial charge in [-0.3, -0.25) is 4.79 Å². The Balaban J connectivity index is 1.75. The normalized spacial score (nSPS) is 18.1. The summed E-state index contributed by atoms with van der Waals surface area (Å²) in [5.41, 5.74) is 7.46. The Hall–Kier alpha value is -1.59. The van der Waals surface area contributed by atoms with E-state index < -0.39 is 0 Å². The number of nitrogens with two attached hydrogens (primary N) is 1. The lowest BCUT2D eigenvalue weighted by Crippen LogP contribution is -2.31. The van der Waals surface area contributed by atoms with Crippen molar-refractivity contribution in [2.24, 2.45) is 0 Å². The quantitative estimate of drug-likeness (QED) is 0.943. The third-order valence-corrected chi connectivity index (χ3v) is 4.67. The van der Waals surface area contributed by atoms with Crippen LogP contribution in [0.5, 0.6) is 0 Å². The van der Waals surface area contributed by atoms with E-state index in [-0.39, 0.29) is 11.9 Å². The predicted molar refractivity (Wildman–Crippen MR) is 85.4 cm³/mol. The van der Waals surface area contributed by atoms with Crippen molar-refractivity contribution in [1.29, 1.82) is 0 Å². The summed E-state index contributed by atoms with van der Waals surface area (Å²) in [6.45, 7) is 0.787. The second kappa shape index (κ2) is 6.03. The molecule has 2 heterocycles. The Morgan fingerprint density at radius 3 is 3.10 bits per heavy atom. The number of aromatic nitrogens is 1. The highest BCUT2D eigenvalue weighted by atomic mass is 35.5. The van der Waals surface area contributed by atoms with Crippen molar-refractivity contribution in [3.05, 3.63) is 45.9 Å². The maximum absolute atomic E-state index is 12.5. The van der Waals surface area contributed by atoms with E-state index >= 15 is 0 Å². The molecule has 0 spiro atoms. The molecule has 0 aliphatic carbocycles. The van der Waals surface area contributed by atoms with Gasteiger partial charge in [0.2, 0.25) is 5.91 Å². The Bertz CT molecular complexity index is 658. The van der Waals surface area contributed by atoms with Gasteiger partial charge >= 0.3 is 0 Å². The fraction of sp³-hybridized carbons (Fsp3) is 0.333. The minimum Gasteiger partial charge on any atom is -0.375 e. The zero-order valence-corrected chi connectivity index (χ0v) is 13.0. The Morgan fingerprint density at radius 1 is 1.52 bits per heavy atom. The van der Waals surface area contributed by atoms with Crippen molar-refractivity contribution in [3.63, 3.8) is 0 Å². The topological polar surface area (TPSA) is 59.2 Å². The number of nitrogen functional groups attached to an aromatic ring is 1. The first-order valence-corrected chi connectivity index (χ1v) is 8.14. The summed E-state index contributed by atoms with van der Waals surface area (Å²) < 4.78 is 0. The molecule has 1 aliphatic heterocycles. The highest BCUT2D eigenvalue weighted by Gasteiger charge is 2.30. The molecule has 21 heavy (non-hydrogen) atoms. The third-order valence-electron chi connectivity index (χ3n) is 3.71. The molecule has 2 aromatic rings. The number of benzene rings is 1. The van der Waals surface area contributed by atoms with E-state index in [1.54, 1.807) is 0 Å². The molecular weight excluding hydrogens is 306 g/mol. The van der Waals surface area contributed by atoms with Gasteiger partial charge in [0.05, 0.1) is 18.2 Å². The summed E-state index contributed by atoms with van der Waals surface area (Å²) in [4.78, 5) is 18.6. The largest absolute Gasteiger partial charge is 0.375 e. The number of hydrogen-bond donors (Lipinski definition) is 1. The van der Waals surface area contributed by atoms with Crippen LogP contribution in [0.3, 0.4) is 0 Å². The van der Waals surface area contributed by atoms with Crippen LogP contribution in [0.4, 0.5) is 5.13 Å². The average molecular weight is 322 g/mol. The van der Waals surface area contributed by atoms with E-state index in [4.69, 9.17) is 17.3 Å². The summed E-state index contributed by atoms with van der Waals surface area (Å²) in [5.74, 6) is 0.0998. The number of halogens is 1. The van der Waals surface area contributed by atoms with Crippen LogP contribution >= 0.6 is 22.9 Å². The van der Waals surface area contributed by atoms with Crippen LogP contribution in [0.15, 0.2) is 29.6 Å². The first-order valence-electron chi connectivity index (χ1n) is 6.88. The maximum atomic E-state index is 12.5. The molecule has 110 valence electrons. The summed E-state index contributed by atoms with van der Waals surface area (Å²) in [7, 11) is 0. The van der Waals surface area contributed by atoms with Crippen LogP contribution in [0.1, 0.15) is 30.1 Å². The summed E-state index contributed by atoms with van der Waals surface area (Å²) in [6, 6.07) is 7.87. The first kappa shape index (κ1) is 14.4. The van der Waals surface area contributed by atoms with Gasteiger partial charge in [-0.15, -0.1) is 11.3 Å². The number of carbonyl (C=O) groups is 1. The first-order chi connectivity index (χ1) is 10.1. The van der Waals surface area contributed by atoms with Crippen LogP contribution in [-0.2, 0) is 11.2 Å². The highest BCUT2D eigenvalue weighted by molar-refractivity contribution is 7.13. The number of hydrogen-bond acceptors (Lipinski definition) is 4. The van der Waals surface area contributed by atoms with Crippen molar-refractivity contribution < 1.29 is 4.79 Å². The summed E-state index contributed by atoms with van der Waals surface area (Å²) >= 11 is 7.42. The monoisotopic (exact) mass is 321 g/mol. The number of carbonyl (C=O) groups excluding carboxylic acids is 1. The van der Waals surface area contributed by atoms with Gasteiger partial charge in [0.25, 0.3) is 0 Å². The lowest BCUT2D eigenvalue weighted by atomic mass is 10.0. The van der Waals surface area contributed by atoms with Crippen molar-refractivity contribution in [1.82, 2.24) is 9.88 Å². The minimum atomic E-state index is 0.0998. The van der Waals surface area contributed by atoms with Gasteiger partial charge in [-0.2, -0.15) is 0 Å². The predicted octanol–water partition coefficient (Wildman–Crippen LogP) is 3.28. The van der Waals surface area contributed by atoms with E-state index in [1.807, 2.05) is 34.5 Å². The molecule has 1 aromatic carbocycles. The summed E-state index contributed by atoms with van der Waals surface area (Å²) in [6.07, 6.45) is 2.30. The molecular formula is C15H16ClN3OS. The second-order valence-electron chi connectivity index (χ2n) is 5.15. The standard InChI is InChI=1S/C15H16ClN3OS/c16-11-4-1-3-10(7-11)13-5-2-6-19(13)14(20)8-12-9-21-15(17)18-12/h1,3-4,7,9,13H,2,5-6,8H2,(H2,17,18). The molecule has 1 saturated heterocycles. The van der Waals surface area contributed by atoms with E-state index in [9.17, 15) is 4.79 Å². The van der Waals surface area contributed by atoms with E-state index in [2.05, 4.69) is 4.98 Å². The summed E-state index contributed by atoms with van der Waals surface area (Å²) in [5, 5.41) is 3.06. The number of nitrogens with zero attached hydrogens (tertiary/aromatic N) is 2. The van der Waals surface area contributed by atoms with Gasteiger partial charge in [-0.1, -0.05) is 23.7 Å². The van der Waals surface area contributed by atoms with Gasteiger partial charge in [0.15, 0.2) is 5.13 Å². The molecule has 1 aliphatic rings. The number of likely N-dealkylation sites (tertiary alicyclic amines) is 1. The number of rotatable bonds is 3. The molecule has 0 saturated carbocycles. The molecule has 2 N–H and O–H groups in total. The molecule has 6 heteroatoms. The Labute approximate surface area is 132 Å². The fourth-order valence-corrected chi connectivity index (χ4v) is 3.55. The van der Waals surface area contributed by atoms with Gasteiger partial charge in [0.1, 0.15) is 0 Å². The van der Waals surface area contributed by atoms with Crippen LogP contribution in [0.2, 0.25) is 5.02 Å². The SMILES string of the molecule is Nc1nc(CC(=O)N2CCCC2c2cccc(Cl)c2)cs1. The molecule has 3 rings (SSSR count). The average Bonchev–Trinajstić information content (AvgIpc) is 3.07. The highest BCUT2D eigenvalue weighted by Crippen LogP contribution is 2.33. The second-order valence-corrected chi connectivity index (χ2v) is 6.48. The molecule has 1 fully saturated rings. The van der Waals surface area contributed by atoms with Gasteiger partial charge < -0.3 is 10.6 Å². The zero-order chi connectivity index (χ0) is 14.8. The third kappa shape index (κ3) is 3.19. The number of anilines is 1. The van der Waals surface area contributed by atoms with Crippen LogP contribution in [0, 0.1) is 0 Å². The van der Waals surface area contributed by atoms with Crippen LogP contribution in [-0.4, -0.2) is 22.3 Å². The smallest absolute Gasteiger partial charge is 0.229 e. The van der Waals surface area contributed by atoms with Gasteiger partial charge in [0, 0.05) is 16.9 Å². The van der Waals surface area contributed by atoms with Gasteiger partial charge in [-0.05, 0) is 30.5 Å². The molecule has 0 radical (unpaired) electrons. The lowest BCUT2D eigenvalue weighted by Gasteiger charge is -2.25. The maximum Gasteiger partial charge on any atom is 0.229 e. The van der Waals surface area contributed by atoms with E-state index in [0.29, 0.717) is 16.6 Å². The van der Waals surface area contributed by atoms with E-state index in [1.165, 1.54) is 11.3 Å². The molecule has 1 aromatic heterocycles. The van der Waals surface area contributed by atoms with Crippen molar-refractivity contribution >= 4 is 34.0 Å². The van der Waals surface area contributed by atoms with Crippen LogP contribution in [0.25, 0.3) is 0 Å². The molecule has 1 amide bonds. The van der Waals surface area contributed by atoms with Crippen molar-refractivity contribution in [2.75, 3.05) is 12.3 Å². The zero-order valence-electron chi connectivity index (χ0n) is 11.5. The Morgan fingerprint density at radius 2 is 2.38 bits per heavy atom. The molecule has 1 unspecified atom stereocenters. The lowest BCUT2D eigenvalue weighted by molar-refractivity contribution is -0.131. The minimum absolute atomic E-state index is 0.0998. The molecule has 0 bridgehead atoms. The van der Waals surface area contributed by atoms with Crippen LogP contribution < -0.4 is 5.73 Å². The molecule has 4 nitrogen and oxygen atoms in total. The van der Waals surface area contributed by atoms with Gasteiger partial charge in [-0.25, -0.2) is 4.98 Å². The van der Waals surface area contributed by atoms with Crippen molar-refractivity contribution in [3.8, 4) is 0 Å². The van der Waals surface area contributed by atoms with Crippen molar-refractivity contribution in [2.45, 2.75) is 25.3 Å². The molecule has 1 atom stereocenters. The number of amides is 1.